The standard InChI is InChI=1S/C14H23N3O3/c1-20-9-8-16-12(18)10-17-13(19)14(11-15)6-4-2-3-5-7-14/h2-10H2,1H3,(H,16,18)(H,17,19). The minimum absolute atomic E-state index is 0.0913. The molecule has 0 unspecified atom stereocenters. The maximum absolute atomic E-state index is 12.2. The van der Waals surface area contributed by atoms with E-state index in [-0.39, 0.29) is 18.4 Å². The molecule has 1 aliphatic rings. The van der Waals surface area contributed by atoms with Crippen molar-refractivity contribution in [3.05, 3.63) is 0 Å². The van der Waals surface area contributed by atoms with Crippen molar-refractivity contribution in [2.45, 2.75) is 38.5 Å². The highest BCUT2D eigenvalue weighted by atomic mass is 16.5. The fourth-order valence-electron chi connectivity index (χ4n) is 2.41. The van der Waals surface area contributed by atoms with Gasteiger partial charge in [0.2, 0.25) is 11.8 Å². The molecule has 2 N–H and O–H groups in total. The molecule has 0 aliphatic heterocycles. The third-order valence-electron chi connectivity index (χ3n) is 3.64. The van der Waals surface area contributed by atoms with Crippen LogP contribution in [-0.2, 0) is 14.3 Å². The van der Waals surface area contributed by atoms with Crippen LogP contribution in [0.1, 0.15) is 38.5 Å². The van der Waals surface area contributed by atoms with Crippen LogP contribution in [0.2, 0.25) is 0 Å². The number of nitriles is 1. The molecule has 1 aliphatic carbocycles. The van der Waals surface area contributed by atoms with E-state index < -0.39 is 5.41 Å². The van der Waals surface area contributed by atoms with Gasteiger partial charge in [-0.2, -0.15) is 5.26 Å². The Hall–Kier alpha value is -1.61. The number of methoxy groups -OCH3 is 1. The third-order valence-corrected chi connectivity index (χ3v) is 3.64. The lowest BCUT2D eigenvalue weighted by Crippen LogP contribution is -2.44. The molecular formula is C14H23N3O3. The summed E-state index contributed by atoms with van der Waals surface area (Å²) in [6.07, 6.45) is 5.08. The fraction of sp³-hybridized carbons (Fsp3) is 0.786. The molecule has 0 radical (unpaired) electrons. The molecule has 112 valence electrons. The SMILES string of the molecule is COCCNC(=O)CNC(=O)C1(C#N)CCCCCC1. The summed E-state index contributed by atoms with van der Waals surface area (Å²) in [4.78, 5) is 23.7. The van der Waals surface area contributed by atoms with Crippen LogP contribution in [0.3, 0.4) is 0 Å². The van der Waals surface area contributed by atoms with Crippen molar-refractivity contribution in [1.29, 1.82) is 5.26 Å². The number of rotatable bonds is 6. The van der Waals surface area contributed by atoms with Gasteiger partial charge in [0.1, 0.15) is 5.41 Å². The molecule has 1 saturated carbocycles. The lowest BCUT2D eigenvalue weighted by atomic mass is 9.81. The lowest BCUT2D eigenvalue weighted by Gasteiger charge is -2.23. The number of ether oxygens (including phenoxy) is 1. The van der Waals surface area contributed by atoms with Gasteiger partial charge < -0.3 is 15.4 Å². The Morgan fingerprint density at radius 2 is 1.85 bits per heavy atom. The van der Waals surface area contributed by atoms with Crippen molar-refractivity contribution < 1.29 is 14.3 Å². The fourth-order valence-corrected chi connectivity index (χ4v) is 2.41. The Labute approximate surface area is 119 Å². The van der Waals surface area contributed by atoms with Crippen LogP contribution in [0, 0.1) is 16.7 Å². The Bertz CT molecular complexity index is 368. The molecule has 0 saturated heterocycles. The predicted molar refractivity (Wildman–Crippen MR) is 73.6 cm³/mol. The molecule has 0 spiro atoms. The van der Waals surface area contributed by atoms with Crippen LogP contribution >= 0.6 is 0 Å². The van der Waals surface area contributed by atoms with Crippen LogP contribution < -0.4 is 10.6 Å². The first-order chi connectivity index (χ1) is 9.64. The van der Waals surface area contributed by atoms with Crippen molar-refractivity contribution in [3.8, 4) is 6.07 Å². The van der Waals surface area contributed by atoms with E-state index in [1.165, 1.54) is 0 Å². The Balaban J connectivity index is 2.43. The van der Waals surface area contributed by atoms with Gasteiger partial charge >= 0.3 is 0 Å². The molecular weight excluding hydrogens is 258 g/mol. The highest BCUT2D eigenvalue weighted by Gasteiger charge is 2.38. The lowest BCUT2D eigenvalue weighted by molar-refractivity contribution is -0.131. The number of hydrogen-bond acceptors (Lipinski definition) is 4. The first kappa shape index (κ1) is 16.4. The summed E-state index contributed by atoms with van der Waals surface area (Å²) in [6, 6.07) is 2.17. The third kappa shape index (κ3) is 4.82. The van der Waals surface area contributed by atoms with E-state index in [2.05, 4.69) is 16.7 Å². The van der Waals surface area contributed by atoms with Gasteiger partial charge in [-0.3, -0.25) is 9.59 Å². The summed E-state index contributed by atoms with van der Waals surface area (Å²) in [6.45, 7) is 0.752. The van der Waals surface area contributed by atoms with Gasteiger partial charge in [0.05, 0.1) is 19.2 Å². The number of amides is 2. The molecule has 0 aromatic heterocycles. The van der Waals surface area contributed by atoms with Gasteiger partial charge in [0, 0.05) is 13.7 Å². The summed E-state index contributed by atoms with van der Waals surface area (Å²) >= 11 is 0. The molecule has 1 fully saturated rings. The number of carbonyl (C=O) groups is 2. The van der Waals surface area contributed by atoms with E-state index >= 15 is 0 Å². The van der Waals surface area contributed by atoms with Crippen LogP contribution in [0.15, 0.2) is 0 Å². The maximum atomic E-state index is 12.2. The van der Waals surface area contributed by atoms with Crippen LogP contribution in [-0.4, -0.2) is 38.6 Å². The molecule has 6 heteroatoms. The first-order valence-electron chi connectivity index (χ1n) is 7.10. The number of carbonyl (C=O) groups excluding carboxylic acids is 2. The van der Waals surface area contributed by atoms with Gasteiger partial charge in [0.25, 0.3) is 0 Å². The van der Waals surface area contributed by atoms with Gasteiger partial charge in [-0.25, -0.2) is 0 Å². The molecule has 0 aromatic carbocycles. The Morgan fingerprint density at radius 3 is 2.40 bits per heavy atom. The highest BCUT2D eigenvalue weighted by molar-refractivity contribution is 5.89. The Morgan fingerprint density at radius 1 is 1.20 bits per heavy atom. The summed E-state index contributed by atoms with van der Waals surface area (Å²) < 4.78 is 4.82. The highest BCUT2D eigenvalue weighted by Crippen LogP contribution is 2.34. The topological polar surface area (TPSA) is 91.2 Å². The van der Waals surface area contributed by atoms with Crippen molar-refractivity contribution in [1.82, 2.24) is 10.6 Å². The maximum Gasteiger partial charge on any atom is 0.240 e. The van der Waals surface area contributed by atoms with Gasteiger partial charge in [0.15, 0.2) is 0 Å². The van der Waals surface area contributed by atoms with E-state index in [0.717, 1.165) is 25.7 Å². The van der Waals surface area contributed by atoms with E-state index in [9.17, 15) is 14.9 Å². The molecule has 0 atom stereocenters. The molecule has 0 aromatic rings. The normalized spacial score (nSPS) is 17.6. The van der Waals surface area contributed by atoms with Crippen LogP contribution in [0.4, 0.5) is 0 Å². The minimum Gasteiger partial charge on any atom is -0.383 e. The molecule has 6 nitrogen and oxygen atoms in total. The average Bonchev–Trinajstić information content (AvgIpc) is 2.71. The van der Waals surface area contributed by atoms with Crippen molar-refractivity contribution in [2.24, 2.45) is 5.41 Å². The zero-order chi connectivity index (χ0) is 14.8. The van der Waals surface area contributed by atoms with Crippen molar-refractivity contribution >= 4 is 11.8 Å². The molecule has 0 heterocycles. The zero-order valence-corrected chi connectivity index (χ0v) is 12.0. The predicted octanol–water partition coefficient (Wildman–Crippen LogP) is 0.729. The van der Waals surface area contributed by atoms with Crippen LogP contribution in [0.25, 0.3) is 0 Å². The van der Waals surface area contributed by atoms with E-state index in [1.54, 1.807) is 7.11 Å². The van der Waals surface area contributed by atoms with Crippen molar-refractivity contribution in [3.63, 3.8) is 0 Å². The average molecular weight is 281 g/mol. The number of nitrogens with zero attached hydrogens (tertiary/aromatic N) is 1. The largest absolute Gasteiger partial charge is 0.383 e. The second kappa shape index (κ2) is 8.54. The van der Waals surface area contributed by atoms with Gasteiger partial charge in [-0.1, -0.05) is 25.7 Å². The summed E-state index contributed by atoms with van der Waals surface area (Å²) in [5.41, 5.74) is -0.955. The van der Waals surface area contributed by atoms with E-state index in [4.69, 9.17) is 4.74 Å². The smallest absolute Gasteiger partial charge is 0.240 e. The molecule has 1 rings (SSSR count). The quantitative estimate of drug-likeness (QED) is 0.554. The molecule has 0 bridgehead atoms. The summed E-state index contributed by atoms with van der Waals surface area (Å²) in [5.74, 6) is -0.582. The summed E-state index contributed by atoms with van der Waals surface area (Å²) in [5, 5.41) is 14.6. The Kier molecular flexibility index (Phi) is 7.02. The molecule has 2 amide bonds. The van der Waals surface area contributed by atoms with Gasteiger partial charge in [-0.05, 0) is 12.8 Å². The first-order valence-corrected chi connectivity index (χ1v) is 7.10. The minimum atomic E-state index is -0.955. The van der Waals surface area contributed by atoms with Crippen LogP contribution in [0.5, 0.6) is 0 Å². The second-order valence-electron chi connectivity index (χ2n) is 5.13. The number of hydrogen-bond donors (Lipinski definition) is 2. The number of nitrogens with one attached hydrogen (secondary N) is 2. The zero-order valence-electron chi connectivity index (χ0n) is 12.0. The summed E-state index contributed by atoms with van der Waals surface area (Å²) in [7, 11) is 1.55. The van der Waals surface area contributed by atoms with E-state index in [1.807, 2.05) is 0 Å². The van der Waals surface area contributed by atoms with E-state index in [0.29, 0.717) is 26.0 Å². The van der Waals surface area contributed by atoms with Gasteiger partial charge in [-0.15, -0.1) is 0 Å². The second-order valence-corrected chi connectivity index (χ2v) is 5.13. The molecule has 20 heavy (non-hydrogen) atoms. The monoisotopic (exact) mass is 281 g/mol. The van der Waals surface area contributed by atoms with Crippen molar-refractivity contribution in [2.75, 3.05) is 26.8 Å².